The molecule has 3 rings (SSSR count). The van der Waals surface area contributed by atoms with Crippen LogP contribution in [-0.4, -0.2) is 16.0 Å². The van der Waals surface area contributed by atoms with E-state index in [4.69, 9.17) is 4.98 Å². The van der Waals surface area contributed by atoms with E-state index in [-0.39, 0.29) is 0 Å². The van der Waals surface area contributed by atoms with Gasteiger partial charge < -0.3 is 5.32 Å². The van der Waals surface area contributed by atoms with E-state index in [2.05, 4.69) is 29.5 Å². The van der Waals surface area contributed by atoms with E-state index in [0.717, 1.165) is 34.8 Å². The van der Waals surface area contributed by atoms with Gasteiger partial charge in [0.15, 0.2) is 0 Å². The normalized spacial score (nSPS) is 25.9. The summed E-state index contributed by atoms with van der Waals surface area (Å²) < 4.78 is 0. The van der Waals surface area contributed by atoms with E-state index in [1.807, 2.05) is 24.4 Å². The molecule has 0 saturated heterocycles. The van der Waals surface area contributed by atoms with Gasteiger partial charge in [-0.3, -0.25) is 4.98 Å². The van der Waals surface area contributed by atoms with Crippen LogP contribution in [0, 0.1) is 11.8 Å². The summed E-state index contributed by atoms with van der Waals surface area (Å²) in [6.07, 6.45) is 5.80. The Balaban J connectivity index is 1.58. The lowest BCUT2D eigenvalue weighted by Crippen LogP contribution is -2.38. The number of rotatable bonds is 4. The molecule has 3 atom stereocenters. The SMILES string of the molecule is CC1CCC(NCc2csc(-c3ccccn3)n2)C(C)C1. The van der Waals surface area contributed by atoms with Crippen molar-refractivity contribution >= 4 is 11.3 Å². The van der Waals surface area contributed by atoms with Crippen LogP contribution in [0.4, 0.5) is 0 Å². The van der Waals surface area contributed by atoms with Gasteiger partial charge in [-0.2, -0.15) is 0 Å². The summed E-state index contributed by atoms with van der Waals surface area (Å²) in [5.41, 5.74) is 2.10. The fraction of sp³-hybridized carbons (Fsp3) is 0.529. The van der Waals surface area contributed by atoms with Crippen molar-refractivity contribution in [2.75, 3.05) is 0 Å². The summed E-state index contributed by atoms with van der Waals surface area (Å²) in [7, 11) is 0. The Kier molecular flexibility index (Phi) is 4.66. The van der Waals surface area contributed by atoms with Crippen LogP contribution in [0.3, 0.4) is 0 Å². The molecule has 3 unspecified atom stereocenters. The van der Waals surface area contributed by atoms with Crippen LogP contribution in [0.5, 0.6) is 0 Å². The molecule has 1 saturated carbocycles. The molecule has 2 aromatic heterocycles. The standard InChI is InChI=1S/C17H23N3S/c1-12-6-7-15(13(2)9-12)19-10-14-11-21-17(20-14)16-5-3-4-8-18-16/h3-5,8,11-13,15,19H,6-7,9-10H2,1-2H3. The molecule has 112 valence electrons. The minimum Gasteiger partial charge on any atom is -0.308 e. The number of aromatic nitrogens is 2. The third kappa shape index (κ3) is 3.69. The number of hydrogen-bond donors (Lipinski definition) is 1. The van der Waals surface area contributed by atoms with Gasteiger partial charge in [0.2, 0.25) is 0 Å². The Hall–Kier alpha value is -1.26. The molecule has 1 fully saturated rings. The maximum Gasteiger partial charge on any atom is 0.142 e. The van der Waals surface area contributed by atoms with Crippen molar-refractivity contribution in [1.29, 1.82) is 0 Å². The monoisotopic (exact) mass is 301 g/mol. The molecule has 2 heterocycles. The Labute approximate surface area is 130 Å². The highest BCUT2D eigenvalue weighted by atomic mass is 32.1. The van der Waals surface area contributed by atoms with Crippen LogP contribution < -0.4 is 5.32 Å². The third-order valence-corrected chi connectivity index (χ3v) is 5.33. The van der Waals surface area contributed by atoms with E-state index in [1.165, 1.54) is 19.3 Å². The molecule has 0 aromatic carbocycles. The summed E-state index contributed by atoms with van der Waals surface area (Å²) in [6.45, 7) is 5.60. The van der Waals surface area contributed by atoms with Gasteiger partial charge in [0.25, 0.3) is 0 Å². The summed E-state index contributed by atoms with van der Waals surface area (Å²) in [5, 5.41) is 6.85. The molecule has 2 aromatic rings. The van der Waals surface area contributed by atoms with Crippen molar-refractivity contribution in [2.45, 2.75) is 45.7 Å². The van der Waals surface area contributed by atoms with Gasteiger partial charge in [0, 0.05) is 24.2 Å². The zero-order chi connectivity index (χ0) is 14.7. The highest BCUT2D eigenvalue weighted by molar-refractivity contribution is 7.13. The zero-order valence-electron chi connectivity index (χ0n) is 12.7. The fourth-order valence-corrected chi connectivity index (χ4v) is 3.99. The zero-order valence-corrected chi connectivity index (χ0v) is 13.6. The van der Waals surface area contributed by atoms with E-state index in [0.29, 0.717) is 6.04 Å². The van der Waals surface area contributed by atoms with Crippen LogP contribution >= 0.6 is 11.3 Å². The largest absolute Gasteiger partial charge is 0.308 e. The molecule has 4 heteroatoms. The molecule has 0 bridgehead atoms. The van der Waals surface area contributed by atoms with Gasteiger partial charge in [0.1, 0.15) is 5.01 Å². The fourth-order valence-electron chi connectivity index (χ4n) is 3.20. The second-order valence-electron chi connectivity index (χ2n) is 6.24. The molecule has 1 aliphatic carbocycles. The van der Waals surface area contributed by atoms with Crippen LogP contribution in [-0.2, 0) is 6.54 Å². The second-order valence-corrected chi connectivity index (χ2v) is 7.10. The minimum atomic E-state index is 0.640. The summed E-state index contributed by atoms with van der Waals surface area (Å²) >= 11 is 1.68. The summed E-state index contributed by atoms with van der Waals surface area (Å²) in [5.74, 6) is 1.65. The van der Waals surface area contributed by atoms with Gasteiger partial charge in [0.05, 0.1) is 11.4 Å². The first kappa shape index (κ1) is 14.7. The van der Waals surface area contributed by atoms with E-state index in [9.17, 15) is 0 Å². The summed E-state index contributed by atoms with van der Waals surface area (Å²) in [4.78, 5) is 9.06. The molecule has 1 aliphatic rings. The highest BCUT2D eigenvalue weighted by Gasteiger charge is 2.24. The van der Waals surface area contributed by atoms with Crippen molar-refractivity contribution in [1.82, 2.24) is 15.3 Å². The molecule has 1 N–H and O–H groups in total. The van der Waals surface area contributed by atoms with Crippen molar-refractivity contribution in [3.8, 4) is 10.7 Å². The number of nitrogens with zero attached hydrogens (tertiary/aromatic N) is 2. The Morgan fingerprint density at radius 1 is 1.29 bits per heavy atom. The first-order valence-electron chi connectivity index (χ1n) is 7.81. The Morgan fingerprint density at radius 2 is 2.19 bits per heavy atom. The van der Waals surface area contributed by atoms with Gasteiger partial charge in [-0.15, -0.1) is 11.3 Å². The van der Waals surface area contributed by atoms with Gasteiger partial charge >= 0.3 is 0 Å². The first-order chi connectivity index (χ1) is 10.2. The first-order valence-corrected chi connectivity index (χ1v) is 8.69. The second kappa shape index (κ2) is 6.67. The lowest BCUT2D eigenvalue weighted by molar-refractivity contribution is 0.227. The van der Waals surface area contributed by atoms with Crippen molar-refractivity contribution in [2.24, 2.45) is 11.8 Å². The Bertz CT molecular complexity index is 566. The average Bonchev–Trinajstić information content (AvgIpc) is 2.96. The molecular formula is C17H23N3S. The average molecular weight is 301 g/mol. The predicted molar refractivity (Wildman–Crippen MR) is 88.2 cm³/mol. The summed E-state index contributed by atoms with van der Waals surface area (Å²) in [6, 6.07) is 6.60. The third-order valence-electron chi connectivity index (χ3n) is 4.41. The van der Waals surface area contributed by atoms with Gasteiger partial charge in [-0.1, -0.05) is 19.9 Å². The number of nitrogens with one attached hydrogen (secondary N) is 1. The highest BCUT2D eigenvalue weighted by Crippen LogP contribution is 2.29. The van der Waals surface area contributed by atoms with Gasteiger partial charge in [-0.25, -0.2) is 4.98 Å². The molecule has 3 nitrogen and oxygen atoms in total. The van der Waals surface area contributed by atoms with Gasteiger partial charge in [-0.05, 0) is 43.2 Å². The van der Waals surface area contributed by atoms with Crippen molar-refractivity contribution in [3.63, 3.8) is 0 Å². The molecule has 0 amide bonds. The maximum absolute atomic E-state index is 4.70. The molecule has 0 aliphatic heterocycles. The van der Waals surface area contributed by atoms with Crippen molar-refractivity contribution in [3.05, 3.63) is 35.5 Å². The van der Waals surface area contributed by atoms with Crippen LogP contribution in [0.15, 0.2) is 29.8 Å². The lowest BCUT2D eigenvalue weighted by atomic mass is 9.80. The van der Waals surface area contributed by atoms with E-state index < -0.39 is 0 Å². The Morgan fingerprint density at radius 3 is 2.95 bits per heavy atom. The lowest BCUT2D eigenvalue weighted by Gasteiger charge is -2.33. The van der Waals surface area contributed by atoms with Crippen LogP contribution in [0.25, 0.3) is 10.7 Å². The topological polar surface area (TPSA) is 37.8 Å². The molecule has 0 radical (unpaired) electrons. The van der Waals surface area contributed by atoms with Crippen LogP contribution in [0.1, 0.15) is 38.8 Å². The maximum atomic E-state index is 4.70. The van der Waals surface area contributed by atoms with E-state index in [1.54, 1.807) is 11.3 Å². The predicted octanol–water partition coefficient (Wildman–Crippen LogP) is 4.12. The van der Waals surface area contributed by atoms with Crippen LogP contribution in [0.2, 0.25) is 0 Å². The molecular weight excluding hydrogens is 278 g/mol. The molecule has 21 heavy (non-hydrogen) atoms. The molecule has 0 spiro atoms. The van der Waals surface area contributed by atoms with E-state index >= 15 is 0 Å². The number of pyridine rings is 1. The quantitative estimate of drug-likeness (QED) is 0.923. The smallest absolute Gasteiger partial charge is 0.142 e. The minimum absolute atomic E-state index is 0.640. The number of hydrogen-bond acceptors (Lipinski definition) is 4. The number of thiazole rings is 1. The van der Waals surface area contributed by atoms with Crippen molar-refractivity contribution < 1.29 is 0 Å².